The third-order valence-corrected chi connectivity index (χ3v) is 2.50. The van der Waals surface area contributed by atoms with Gasteiger partial charge in [-0.15, -0.1) is 13.2 Å². The van der Waals surface area contributed by atoms with E-state index in [9.17, 15) is 18.0 Å². The summed E-state index contributed by atoms with van der Waals surface area (Å²) in [5, 5.41) is 2.76. The Bertz CT molecular complexity index is 427. The Kier molecular flexibility index (Phi) is 4.80. The predicted octanol–water partition coefficient (Wildman–Crippen LogP) is 3.42. The van der Waals surface area contributed by atoms with Crippen LogP contribution in [-0.2, 0) is 4.79 Å². The fourth-order valence-electron chi connectivity index (χ4n) is 1.42. The summed E-state index contributed by atoms with van der Waals surface area (Å²) in [6.07, 6.45) is -4.70. The quantitative estimate of drug-likeness (QED) is 0.914. The highest BCUT2D eigenvalue weighted by molar-refractivity contribution is 5.78. The summed E-state index contributed by atoms with van der Waals surface area (Å²) >= 11 is 0. The molecule has 1 rings (SSSR count). The van der Waals surface area contributed by atoms with Gasteiger partial charge >= 0.3 is 6.36 Å². The molecule has 1 amide bonds. The molecule has 0 aliphatic rings. The largest absolute Gasteiger partial charge is 0.573 e. The van der Waals surface area contributed by atoms with Gasteiger partial charge in [0.2, 0.25) is 5.91 Å². The number of alkyl halides is 3. The topological polar surface area (TPSA) is 38.3 Å². The standard InChI is InChI=1S/C13H16F3NO2/c1-8(2)12(18)17-9(3)10-4-6-11(7-5-10)19-13(14,15)16/h4-9H,1-3H3,(H,17,18)/t9-/m0/s1. The number of amides is 1. The van der Waals surface area contributed by atoms with Crippen molar-refractivity contribution < 1.29 is 22.7 Å². The minimum Gasteiger partial charge on any atom is -0.406 e. The Labute approximate surface area is 109 Å². The van der Waals surface area contributed by atoms with Gasteiger partial charge in [0.15, 0.2) is 0 Å². The van der Waals surface area contributed by atoms with Gasteiger partial charge in [-0.2, -0.15) is 0 Å². The molecule has 6 heteroatoms. The highest BCUT2D eigenvalue weighted by Gasteiger charge is 2.31. The van der Waals surface area contributed by atoms with E-state index in [1.54, 1.807) is 20.8 Å². The summed E-state index contributed by atoms with van der Waals surface area (Å²) in [6, 6.07) is 5.16. The first-order chi connectivity index (χ1) is 8.69. The van der Waals surface area contributed by atoms with Crippen molar-refractivity contribution in [2.24, 2.45) is 5.92 Å². The van der Waals surface area contributed by atoms with Crippen LogP contribution in [0.25, 0.3) is 0 Å². The summed E-state index contributed by atoms with van der Waals surface area (Å²) < 4.78 is 39.7. The highest BCUT2D eigenvalue weighted by Crippen LogP contribution is 2.24. The minimum absolute atomic E-state index is 0.108. The molecule has 0 bridgehead atoms. The highest BCUT2D eigenvalue weighted by atomic mass is 19.4. The Morgan fingerprint density at radius 2 is 1.68 bits per heavy atom. The van der Waals surface area contributed by atoms with Gasteiger partial charge in [-0.25, -0.2) is 0 Å². The summed E-state index contributed by atoms with van der Waals surface area (Å²) in [5.41, 5.74) is 0.712. The lowest BCUT2D eigenvalue weighted by Crippen LogP contribution is -2.30. The molecule has 1 N–H and O–H groups in total. The molecule has 1 aromatic rings. The zero-order valence-electron chi connectivity index (χ0n) is 10.9. The van der Waals surface area contributed by atoms with Crippen molar-refractivity contribution in [1.82, 2.24) is 5.32 Å². The van der Waals surface area contributed by atoms with E-state index in [0.717, 1.165) is 0 Å². The third-order valence-electron chi connectivity index (χ3n) is 2.50. The molecule has 0 unspecified atom stereocenters. The van der Waals surface area contributed by atoms with E-state index in [1.165, 1.54) is 24.3 Å². The van der Waals surface area contributed by atoms with Gasteiger partial charge in [-0.1, -0.05) is 26.0 Å². The molecular weight excluding hydrogens is 259 g/mol. The molecule has 0 fully saturated rings. The molecule has 1 atom stereocenters. The van der Waals surface area contributed by atoms with E-state index in [-0.39, 0.29) is 23.6 Å². The van der Waals surface area contributed by atoms with Crippen LogP contribution in [-0.4, -0.2) is 12.3 Å². The lowest BCUT2D eigenvalue weighted by atomic mass is 10.1. The molecule has 3 nitrogen and oxygen atoms in total. The zero-order valence-corrected chi connectivity index (χ0v) is 10.9. The Morgan fingerprint density at radius 1 is 1.16 bits per heavy atom. The number of ether oxygens (including phenoxy) is 1. The van der Waals surface area contributed by atoms with Crippen LogP contribution in [0.15, 0.2) is 24.3 Å². The number of halogens is 3. The third kappa shape index (κ3) is 5.19. The first kappa shape index (κ1) is 15.3. The van der Waals surface area contributed by atoms with Crippen molar-refractivity contribution in [3.05, 3.63) is 29.8 Å². The van der Waals surface area contributed by atoms with Crippen molar-refractivity contribution >= 4 is 5.91 Å². The molecular formula is C13H16F3NO2. The van der Waals surface area contributed by atoms with Gasteiger partial charge in [0.25, 0.3) is 0 Å². The summed E-state index contributed by atoms with van der Waals surface area (Å²) in [5.74, 6) is -0.531. The number of hydrogen-bond acceptors (Lipinski definition) is 2. The zero-order chi connectivity index (χ0) is 14.6. The summed E-state index contributed by atoms with van der Waals surface area (Å²) in [6.45, 7) is 5.30. The van der Waals surface area contributed by atoms with E-state index >= 15 is 0 Å². The molecule has 0 heterocycles. The molecule has 0 radical (unpaired) electrons. The maximum absolute atomic E-state index is 12.0. The van der Waals surface area contributed by atoms with Gasteiger partial charge in [0, 0.05) is 5.92 Å². The second-order valence-electron chi connectivity index (χ2n) is 4.50. The first-order valence-electron chi connectivity index (χ1n) is 5.85. The fourth-order valence-corrected chi connectivity index (χ4v) is 1.42. The normalized spacial score (nSPS) is 13.2. The smallest absolute Gasteiger partial charge is 0.406 e. The average Bonchev–Trinajstić information content (AvgIpc) is 2.27. The second kappa shape index (κ2) is 5.95. The number of hydrogen-bond donors (Lipinski definition) is 1. The van der Waals surface area contributed by atoms with Crippen LogP contribution in [0.5, 0.6) is 5.75 Å². The number of carbonyl (C=O) groups excluding carboxylic acids is 1. The first-order valence-corrected chi connectivity index (χ1v) is 5.85. The van der Waals surface area contributed by atoms with E-state index in [2.05, 4.69) is 10.1 Å². The molecule has 0 aromatic heterocycles. The van der Waals surface area contributed by atoms with Gasteiger partial charge in [0.05, 0.1) is 6.04 Å². The van der Waals surface area contributed by atoms with Crippen LogP contribution < -0.4 is 10.1 Å². The summed E-state index contributed by atoms with van der Waals surface area (Å²) in [7, 11) is 0. The van der Waals surface area contributed by atoms with Crippen LogP contribution in [0.2, 0.25) is 0 Å². The molecule has 1 aromatic carbocycles. The maximum Gasteiger partial charge on any atom is 0.573 e. The lowest BCUT2D eigenvalue weighted by molar-refractivity contribution is -0.274. The van der Waals surface area contributed by atoms with Crippen LogP contribution in [0, 0.1) is 5.92 Å². The second-order valence-corrected chi connectivity index (χ2v) is 4.50. The monoisotopic (exact) mass is 275 g/mol. The van der Waals surface area contributed by atoms with Crippen LogP contribution in [0.3, 0.4) is 0 Å². The molecule has 19 heavy (non-hydrogen) atoms. The minimum atomic E-state index is -4.70. The van der Waals surface area contributed by atoms with Gasteiger partial charge in [0.1, 0.15) is 5.75 Å². The van der Waals surface area contributed by atoms with Crippen molar-refractivity contribution in [1.29, 1.82) is 0 Å². The van der Waals surface area contributed by atoms with Crippen molar-refractivity contribution in [2.45, 2.75) is 33.2 Å². The maximum atomic E-state index is 12.0. The Morgan fingerprint density at radius 3 is 2.11 bits per heavy atom. The van der Waals surface area contributed by atoms with E-state index < -0.39 is 6.36 Å². The molecule has 0 saturated heterocycles. The van der Waals surface area contributed by atoms with E-state index in [0.29, 0.717) is 5.56 Å². The number of benzene rings is 1. The average molecular weight is 275 g/mol. The van der Waals surface area contributed by atoms with Crippen LogP contribution in [0.4, 0.5) is 13.2 Å². The summed E-state index contributed by atoms with van der Waals surface area (Å²) in [4.78, 5) is 11.5. The van der Waals surface area contributed by atoms with Crippen molar-refractivity contribution in [2.75, 3.05) is 0 Å². The van der Waals surface area contributed by atoms with Gasteiger partial charge in [-0.3, -0.25) is 4.79 Å². The lowest BCUT2D eigenvalue weighted by Gasteiger charge is -2.16. The van der Waals surface area contributed by atoms with Crippen molar-refractivity contribution in [3.63, 3.8) is 0 Å². The molecule has 106 valence electrons. The van der Waals surface area contributed by atoms with Crippen molar-refractivity contribution in [3.8, 4) is 5.75 Å². The Hall–Kier alpha value is -1.72. The van der Waals surface area contributed by atoms with E-state index in [4.69, 9.17) is 0 Å². The number of nitrogens with one attached hydrogen (secondary N) is 1. The number of carbonyl (C=O) groups is 1. The molecule has 0 spiro atoms. The molecule has 0 aliphatic carbocycles. The van der Waals surface area contributed by atoms with Crippen LogP contribution >= 0.6 is 0 Å². The SMILES string of the molecule is CC(C)C(=O)N[C@@H](C)c1ccc(OC(F)(F)F)cc1. The number of rotatable bonds is 4. The Balaban J connectivity index is 2.68. The molecule has 0 saturated carbocycles. The predicted molar refractivity (Wildman–Crippen MR) is 64.5 cm³/mol. The fraction of sp³-hybridized carbons (Fsp3) is 0.462. The van der Waals surface area contributed by atoms with Gasteiger partial charge in [-0.05, 0) is 24.6 Å². The molecule has 0 aliphatic heterocycles. The van der Waals surface area contributed by atoms with Gasteiger partial charge < -0.3 is 10.1 Å². The van der Waals surface area contributed by atoms with E-state index in [1.807, 2.05) is 0 Å². The van der Waals surface area contributed by atoms with Crippen LogP contribution in [0.1, 0.15) is 32.4 Å².